The summed E-state index contributed by atoms with van der Waals surface area (Å²) in [5, 5.41) is 12.4. The molecule has 0 aliphatic carbocycles. The number of nitrogens with one attached hydrogen (secondary N) is 1. The highest BCUT2D eigenvalue weighted by Crippen LogP contribution is 2.16. The number of para-hydroxylation sites is 1. The Balaban J connectivity index is 1.71. The summed E-state index contributed by atoms with van der Waals surface area (Å²) in [5.74, 6) is 0. The maximum atomic E-state index is 8.79. The first-order chi connectivity index (χ1) is 9.38. The Bertz CT molecular complexity index is 342. The highest BCUT2D eigenvalue weighted by molar-refractivity contribution is 5.43. The van der Waals surface area contributed by atoms with Crippen LogP contribution in [0, 0.1) is 0 Å². The first-order valence-electron chi connectivity index (χ1n) is 7.53. The van der Waals surface area contributed by atoms with Crippen LogP contribution in [0.4, 0.5) is 5.69 Å². The number of hydrogen-bond donors (Lipinski definition) is 2. The molecule has 1 unspecified atom stereocenters. The van der Waals surface area contributed by atoms with Gasteiger partial charge in [0.1, 0.15) is 0 Å². The van der Waals surface area contributed by atoms with Crippen molar-refractivity contribution in [3.8, 4) is 0 Å². The number of likely N-dealkylation sites (tertiary alicyclic amines) is 1. The molecule has 0 amide bonds. The Kier molecular flexibility index (Phi) is 6.18. The number of unbranched alkanes of at least 4 members (excludes halogenated alkanes) is 2. The molecule has 0 spiro atoms. The fraction of sp³-hybridized carbons (Fsp3) is 0.625. The largest absolute Gasteiger partial charge is 0.396 e. The molecule has 3 nitrogen and oxygen atoms in total. The van der Waals surface area contributed by atoms with E-state index in [1.807, 2.05) is 0 Å². The van der Waals surface area contributed by atoms with Crippen molar-refractivity contribution in [2.45, 2.75) is 38.1 Å². The molecule has 0 aromatic heterocycles. The van der Waals surface area contributed by atoms with E-state index < -0.39 is 0 Å². The molecule has 1 aliphatic heterocycles. The fourth-order valence-electron chi connectivity index (χ4n) is 2.77. The Labute approximate surface area is 116 Å². The second-order valence-corrected chi connectivity index (χ2v) is 5.43. The van der Waals surface area contributed by atoms with Crippen LogP contribution in [0.3, 0.4) is 0 Å². The lowest BCUT2D eigenvalue weighted by Gasteiger charge is -2.33. The lowest BCUT2D eigenvalue weighted by Crippen LogP contribution is -2.42. The minimum absolute atomic E-state index is 0.332. The maximum absolute atomic E-state index is 8.79. The Morgan fingerprint density at radius 1 is 1.16 bits per heavy atom. The van der Waals surface area contributed by atoms with Crippen molar-refractivity contribution in [2.75, 3.05) is 31.6 Å². The molecule has 1 aliphatic rings. The average Bonchev–Trinajstić information content (AvgIpc) is 2.45. The van der Waals surface area contributed by atoms with Crippen LogP contribution in [0.5, 0.6) is 0 Å². The van der Waals surface area contributed by atoms with Crippen molar-refractivity contribution >= 4 is 5.69 Å². The van der Waals surface area contributed by atoms with Gasteiger partial charge in [-0.2, -0.15) is 0 Å². The zero-order valence-electron chi connectivity index (χ0n) is 11.7. The van der Waals surface area contributed by atoms with E-state index in [1.54, 1.807) is 0 Å². The third-order valence-electron chi connectivity index (χ3n) is 3.78. The van der Waals surface area contributed by atoms with Crippen LogP contribution in [0.25, 0.3) is 0 Å². The molecule has 2 rings (SSSR count). The predicted octanol–water partition coefficient (Wildman–Crippen LogP) is 2.73. The molecule has 2 N–H and O–H groups in total. The third-order valence-corrected chi connectivity index (χ3v) is 3.78. The Morgan fingerprint density at radius 3 is 2.79 bits per heavy atom. The molecule has 1 fully saturated rings. The predicted molar refractivity (Wildman–Crippen MR) is 80.5 cm³/mol. The number of hydrogen-bond acceptors (Lipinski definition) is 3. The number of rotatable bonds is 7. The molecule has 1 atom stereocenters. The zero-order valence-corrected chi connectivity index (χ0v) is 11.7. The van der Waals surface area contributed by atoms with Gasteiger partial charge in [-0.15, -0.1) is 0 Å². The molecule has 19 heavy (non-hydrogen) atoms. The van der Waals surface area contributed by atoms with Gasteiger partial charge in [0.15, 0.2) is 0 Å². The number of aliphatic hydroxyl groups excluding tert-OH is 1. The summed E-state index contributed by atoms with van der Waals surface area (Å²) in [4.78, 5) is 2.56. The van der Waals surface area contributed by atoms with Crippen LogP contribution >= 0.6 is 0 Å². The van der Waals surface area contributed by atoms with E-state index in [9.17, 15) is 0 Å². The van der Waals surface area contributed by atoms with Gasteiger partial charge in [0.05, 0.1) is 0 Å². The van der Waals surface area contributed by atoms with Crippen molar-refractivity contribution in [1.82, 2.24) is 4.90 Å². The van der Waals surface area contributed by atoms with Crippen LogP contribution in [-0.2, 0) is 0 Å². The number of aliphatic hydroxyl groups is 1. The molecule has 106 valence electrons. The Morgan fingerprint density at radius 2 is 2.00 bits per heavy atom. The van der Waals surface area contributed by atoms with Crippen LogP contribution in [-0.4, -0.2) is 42.3 Å². The summed E-state index contributed by atoms with van der Waals surface area (Å²) >= 11 is 0. The van der Waals surface area contributed by atoms with Gasteiger partial charge in [0, 0.05) is 24.9 Å². The minimum atomic E-state index is 0.332. The van der Waals surface area contributed by atoms with Gasteiger partial charge in [-0.1, -0.05) is 18.2 Å². The first-order valence-corrected chi connectivity index (χ1v) is 7.53. The summed E-state index contributed by atoms with van der Waals surface area (Å²) in [6.45, 7) is 3.88. The van der Waals surface area contributed by atoms with Gasteiger partial charge in [-0.3, -0.25) is 0 Å². The van der Waals surface area contributed by atoms with Crippen molar-refractivity contribution < 1.29 is 5.11 Å². The van der Waals surface area contributed by atoms with E-state index >= 15 is 0 Å². The molecule has 1 heterocycles. The average molecular weight is 262 g/mol. The molecular formula is C16H26N2O. The topological polar surface area (TPSA) is 35.5 Å². The van der Waals surface area contributed by atoms with Gasteiger partial charge < -0.3 is 15.3 Å². The summed E-state index contributed by atoms with van der Waals surface area (Å²) < 4.78 is 0. The van der Waals surface area contributed by atoms with E-state index in [1.165, 1.54) is 38.0 Å². The number of piperidine rings is 1. The van der Waals surface area contributed by atoms with Crippen molar-refractivity contribution in [2.24, 2.45) is 0 Å². The van der Waals surface area contributed by atoms with Crippen molar-refractivity contribution in [1.29, 1.82) is 0 Å². The van der Waals surface area contributed by atoms with Gasteiger partial charge in [-0.05, 0) is 57.3 Å². The number of anilines is 1. The lowest BCUT2D eigenvalue weighted by molar-refractivity contribution is 0.208. The van der Waals surface area contributed by atoms with Crippen molar-refractivity contribution in [3.05, 3.63) is 30.3 Å². The number of nitrogens with zero attached hydrogens (tertiary/aromatic N) is 1. The SMILES string of the molecule is OCCCCCN1CCCC(Nc2ccccc2)C1. The fourth-order valence-corrected chi connectivity index (χ4v) is 2.77. The van der Waals surface area contributed by atoms with E-state index in [2.05, 4.69) is 40.5 Å². The molecule has 0 bridgehead atoms. The van der Waals surface area contributed by atoms with Gasteiger partial charge in [-0.25, -0.2) is 0 Å². The summed E-state index contributed by atoms with van der Waals surface area (Å²) in [6, 6.07) is 11.1. The van der Waals surface area contributed by atoms with E-state index in [0.717, 1.165) is 19.4 Å². The summed E-state index contributed by atoms with van der Waals surface area (Å²) in [7, 11) is 0. The van der Waals surface area contributed by atoms with Gasteiger partial charge in [0.2, 0.25) is 0 Å². The highest BCUT2D eigenvalue weighted by Gasteiger charge is 2.18. The maximum Gasteiger partial charge on any atom is 0.0431 e. The first kappa shape index (κ1) is 14.4. The number of benzene rings is 1. The van der Waals surface area contributed by atoms with E-state index in [0.29, 0.717) is 12.6 Å². The monoisotopic (exact) mass is 262 g/mol. The second kappa shape index (κ2) is 8.18. The smallest absolute Gasteiger partial charge is 0.0431 e. The Hall–Kier alpha value is -1.06. The molecular weight excluding hydrogens is 236 g/mol. The zero-order chi connectivity index (χ0) is 13.3. The summed E-state index contributed by atoms with van der Waals surface area (Å²) in [6.07, 6.45) is 5.84. The van der Waals surface area contributed by atoms with E-state index in [-0.39, 0.29) is 0 Å². The van der Waals surface area contributed by atoms with Crippen LogP contribution < -0.4 is 5.32 Å². The normalized spacial score (nSPS) is 20.4. The molecule has 0 saturated carbocycles. The van der Waals surface area contributed by atoms with E-state index in [4.69, 9.17) is 5.11 Å². The molecule has 0 radical (unpaired) electrons. The van der Waals surface area contributed by atoms with Crippen LogP contribution in [0.1, 0.15) is 32.1 Å². The lowest BCUT2D eigenvalue weighted by atomic mass is 10.0. The molecule has 1 aromatic rings. The quantitative estimate of drug-likeness (QED) is 0.742. The highest BCUT2D eigenvalue weighted by atomic mass is 16.2. The van der Waals surface area contributed by atoms with Crippen LogP contribution in [0.15, 0.2) is 30.3 Å². The third kappa shape index (κ3) is 5.21. The van der Waals surface area contributed by atoms with Crippen molar-refractivity contribution in [3.63, 3.8) is 0 Å². The second-order valence-electron chi connectivity index (χ2n) is 5.43. The molecule has 1 aromatic carbocycles. The van der Waals surface area contributed by atoms with Gasteiger partial charge >= 0.3 is 0 Å². The molecule has 3 heteroatoms. The van der Waals surface area contributed by atoms with Gasteiger partial charge in [0.25, 0.3) is 0 Å². The summed E-state index contributed by atoms with van der Waals surface area (Å²) in [5.41, 5.74) is 1.23. The minimum Gasteiger partial charge on any atom is -0.396 e. The van der Waals surface area contributed by atoms with Crippen LogP contribution in [0.2, 0.25) is 0 Å². The standard InChI is InChI=1S/C16H26N2O/c19-13-6-2-5-11-18-12-7-10-16(14-18)17-15-8-3-1-4-9-15/h1,3-4,8-9,16-17,19H,2,5-7,10-14H2. The molecule has 1 saturated heterocycles.